The van der Waals surface area contributed by atoms with E-state index in [-0.39, 0.29) is 12.4 Å². The van der Waals surface area contributed by atoms with Gasteiger partial charge in [0.05, 0.1) is 0 Å². The van der Waals surface area contributed by atoms with Crippen LogP contribution in [0.4, 0.5) is 0 Å². The highest BCUT2D eigenvalue weighted by Gasteiger charge is 2.10. The van der Waals surface area contributed by atoms with Crippen LogP contribution in [-0.2, 0) is 0 Å². The number of rotatable bonds is 17. The van der Waals surface area contributed by atoms with Crippen LogP contribution in [0.25, 0.3) is 0 Å². The highest BCUT2D eigenvalue weighted by Crippen LogP contribution is 2.13. The Balaban J connectivity index is 0.00000576. The summed E-state index contributed by atoms with van der Waals surface area (Å²) in [4.78, 5) is 0. The first-order valence-electron chi connectivity index (χ1n) is 11.4. The Labute approximate surface area is 165 Å². The molecule has 0 aromatic rings. The van der Waals surface area contributed by atoms with Gasteiger partial charge in [0.15, 0.2) is 0 Å². The summed E-state index contributed by atoms with van der Waals surface area (Å²) < 4.78 is 0. The largest absolute Gasteiger partial charge is 0.317 e. The van der Waals surface area contributed by atoms with Crippen LogP contribution in [0.2, 0.25) is 0 Å². The van der Waals surface area contributed by atoms with E-state index in [1.807, 2.05) is 0 Å². The number of hydrogen-bond acceptors (Lipinski definition) is 2. The first-order valence-corrected chi connectivity index (χ1v) is 11.4. The van der Waals surface area contributed by atoms with Crippen LogP contribution < -0.4 is 10.6 Å². The molecule has 1 heterocycles. The van der Waals surface area contributed by atoms with E-state index in [4.69, 9.17) is 0 Å². The molecule has 1 fully saturated rings. The lowest BCUT2D eigenvalue weighted by Gasteiger charge is -2.23. The monoisotopic (exact) mass is 374 g/mol. The molecule has 0 aliphatic carbocycles. The molecule has 0 aromatic carbocycles. The van der Waals surface area contributed by atoms with E-state index in [0.717, 1.165) is 6.04 Å². The topological polar surface area (TPSA) is 24.1 Å². The van der Waals surface area contributed by atoms with Gasteiger partial charge in [-0.1, -0.05) is 96.8 Å². The van der Waals surface area contributed by atoms with E-state index in [9.17, 15) is 0 Å². The average molecular weight is 375 g/mol. The molecule has 1 aliphatic heterocycles. The Morgan fingerprint density at radius 2 is 1.04 bits per heavy atom. The molecular weight excluding hydrogens is 328 g/mol. The molecule has 1 saturated heterocycles. The molecular formula is C22H47ClN2. The maximum Gasteiger partial charge on any atom is 0.00912 e. The van der Waals surface area contributed by atoms with Crippen molar-refractivity contribution in [2.24, 2.45) is 0 Å². The zero-order valence-corrected chi connectivity index (χ0v) is 17.9. The molecule has 3 heteroatoms. The molecule has 1 aliphatic rings. The minimum Gasteiger partial charge on any atom is -0.317 e. The maximum absolute atomic E-state index is 3.73. The van der Waals surface area contributed by atoms with E-state index < -0.39 is 0 Å². The van der Waals surface area contributed by atoms with Crippen molar-refractivity contribution in [2.45, 2.75) is 122 Å². The Morgan fingerprint density at radius 3 is 1.48 bits per heavy atom. The molecule has 0 spiro atoms. The van der Waals surface area contributed by atoms with Crippen molar-refractivity contribution in [1.29, 1.82) is 0 Å². The minimum absolute atomic E-state index is 0. The third-order valence-electron chi connectivity index (χ3n) is 5.55. The molecule has 0 saturated carbocycles. The molecule has 25 heavy (non-hydrogen) atoms. The number of hydrogen-bond donors (Lipinski definition) is 2. The van der Waals surface area contributed by atoms with Crippen molar-refractivity contribution in [2.75, 3.05) is 19.6 Å². The predicted octanol–water partition coefficient (Wildman–Crippen LogP) is 6.62. The van der Waals surface area contributed by atoms with Gasteiger partial charge in [0.2, 0.25) is 0 Å². The standard InChI is InChI=1S/C22H46N2.ClH/c1-2-3-4-5-6-7-8-9-10-11-12-13-14-15-16-19-24-22-17-20-23-21-18-22;/h22-24H,2-21H2,1H3;1H. The summed E-state index contributed by atoms with van der Waals surface area (Å²) >= 11 is 0. The molecule has 2 N–H and O–H groups in total. The van der Waals surface area contributed by atoms with Crippen LogP contribution in [-0.4, -0.2) is 25.7 Å². The third kappa shape index (κ3) is 17.4. The SMILES string of the molecule is CCCCCCCCCCCCCCCCCNC1CCNCC1.Cl. The van der Waals surface area contributed by atoms with Gasteiger partial charge < -0.3 is 10.6 Å². The number of nitrogens with one attached hydrogen (secondary N) is 2. The Bertz CT molecular complexity index is 242. The molecule has 0 unspecified atom stereocenters. The molecule has 152 valence electrons. The van der Waals surface area contributed by atoms with Crippen molar-refractivity contribution < 1.29 is 0 Å². The molecule has 0 radical (unpaired) electrons. The van der Waals surface area contributed by atoms with Crippen molar-refractivity contribution in [3.8, 4) is 0 Å². The first-order chi connectivity index (χ1) is 11.9. The second kappa shape index (κ2) is 20.5. The van der Waals surface area contributed by atoms with Crippen molar-refractivity contribution in [1.82, 2.24) is 10.6 Å². The second-order valence-electron chi connectivity index (χ2n) is 7.93. The van der Waals surface area contributed by atoms with Gasteiger partial charge in [-0.15, -0.1) is 12.4 Å². The lowest BCUT2D eigenvalue weighted by atomic mass is 10.0. The van der Waals surface area contributed by atoms with Crippen molar-refractivity contribution >= 4 is 12.4 Å². The highest BCUT2D eigenvalue weighted by molar-refractivity contribution is 5.85. The fourth-order valence-electron chi connectivity index (χ4n) is 3.83. The number of unbranched alkanes of at least 4 members (excludes halogenated alkanes) is 14. The average Bonchev–Trinajstić information content (AvgIpc) is 2.62. The van der Waals surface area contributed by atoms with Crippen LogP contribution in [0.3, 0.4) is 0 Å². The second-order valence-corrected chi connectivity index (χ2v) is 7.93. The van der Waals surface area contributed by atoms with Gasteiger partial charge in [-0.2, -0.15) is 0 Å². The summed E-state index contributed by atoms with van der Waals surface area (Å²) in [6.45, 7) is 5.95. The van der Waals surface area contributed by atoms with Crippen molar-refractivity contribution in [3.05, 3.63) is 0 Å². The van der Waals surface area contributed by atoms with Crippen molar-refractivity contribution in [3.63, 3.8) is 0 Å². The van der Waals surface area contributed by atoms with Gasteiger partial charge >= 0.3 is 0 Å². The molecule has 1 rings (SSSR count). The smallest absolute Gasteiger partial charge is 0.00912 e. The molecule has 0 atom stereocenters. The Hall–Kier alpha value is 0.210. The van der Waals surface area contributed by atoms with Crippen LogP contribution in [0.15, 0.2) is 0 Å². The fraction of sp³-hybridized carbons (Fsp3) is 1.00. The summed E-state index contributed by atoms with van der Waals surface area (Å²) in [5.74, 6) is 0. The normalized spacial score (nSPS) is 15.2. The summed E-state index contributed by atoms with van der Waals surface area (Å²) in [5, 5.41) is 7.16. The highest BCUT2D eigenvalue weighted by atomic mass is 35.5. The zero-order chi connectivity index (χ0) is 17.1. The van der Waals surface area contributed by atoms with Gasteiger partial charge in [-0.3, -0.25) is 0 Å². The summed E-state index contributed by atoms with van der Waals surface area (Å²) in [5.41, 5.74) is 0. The van der Waals surface area contributed by atoms with Gasteiger partial charge in [-0.05, 0) is 38.9 Å². The molecule has 0 bridgehead atoms. The van der Waals surface area contributed by atoms with Crippen LogP contribution >= 0.6 is 12.4 Å². The van der Waals surface area contributed by atoms with Gasteiger partial charge in [0.25, 0.3) is 0 Å². The zero-order valence-electron chi connectivity index (χ0n) is 17.1. The third-order valence-corrected chi connectivity index (χ3v) is 5.55. The van der Waals surface area contributed by atoms with Gasteiger partial charge in [-0.25, -0.2) is 0 Å². The van der Waals surface area contributed by atoms with E-state index in [1.165, 1.54) is 129 Å². The molecule has 0 amide bonds. The minimum atomic E-state index is 0. The number of halogens is 1. The number of piperidine rings is 1. The lowest BCUT2D eigenvalue weighted by Crippen LogP contribution is -2.40. The fourth-order valence-corrected chi connectivity index (χ4v) is 3.83. The Morgan fingerprint density at radius 1 is 0.640 bits per heavy atom. The first kappa shape index (κ1) is 25.2. The van der Waals surface area contributed by atoms with Gasteiger partial charge in [0, 0.05) is 6.04 Å². The lowest BCUT2D eigenvalue weighted by molar-refractivity contribution is 0.383. The Kier molecular flexibility index (Phi) is 20.7. The molecule has 0 aromatic heterocycles. The van der Waals surface area contributed by atoms with Crippen LogP contribution in [0.1, 0.15) is 116 Å². The predicted molar refractivity (Wildman–Crippen MR) is 116 cm³/mol. The van der Waals surface area contributed by atoms with E-state index in [2.05, 4.69) is 17.6 Å². The van der Waals surface area contributed by atoms with E-state index in [0.29, 0.717) is 0 Å². The summed E-state index contributed by atoms with van der Waals surface area (Å²) in [6, 6.07) is 0.790. The molecule has 2 nitrogen and oxygen atoms in total. The van der Waals surface area contributed by atoms with E-state index >= 15 is 0 Å². The van der Waals surface area contributed by atoms with Crippen LogP contribution in [0.5, 0.6) is 0 Å². The quantitative estimate of drug-likeness (QED) is 0.279. The summed E-state index contributed by atoms with van der Waals surface area (Å²) in [6.07, 6.45) is 24.4. The van der Waals surface area contributed by atoms with Gasteiger partial charge in [0.1, 0.15) is 0 Å². The van der Waals surface area contributed by atoms with E-state index in [1.54, 1.807) is 0 Å². The maximum atomic E-state index is 3.73. The van der Waals surface area contributed by atoms with Crippen LogP contribution in [0, 0.1) is 0 Å². The summed E-state index contributed by atoms with van der Waals surface area (Å²) in [7, 11) is 0.